The molecule has 0 aliphatic rings. The summed E-state index contributed by atoms with van der Waals surface area (Å²) in [6.07, 6.45) is 1.01. The molecule has 2 aromatic carbocycles. The molecule has 31 heavy (non-hydrogen) atoms. The lowest BCUT2D eigenvalue weighted by Gasteiger charge is -2.31. The van der Waals surface area contributed by atoms with Crippen molar-refractivity contribution in [1.29, 1.82) is 0 Å². The van der Waals surface area contributed by atoms with E-state index < -0.39 is 28.5 Å². The summed E-state index contributed by atoms with van der Waals surface area (Å²) in [5.41, 5.74) is 1.01. The molecular formula is C21H25BrClN3O4S. The number of para-hydroxylation sites is 1. The fourth-order valence-corrected chi connectivity index (χ4v) is 4.35. The number of carbonyl (C=O) groups is 2. The first kappa shape index (κ1) is 25.2. The highest BCUT2D eigenvalue weighted by Crippen LogP contribution is 2.27. The number of halogens is 2. The van der Waals surface area contributed by atoms with Crippen molar-refractivity contribution in [2.45, 2.75) is 26.4 Å². The van der Waals surface area contributed by atoms with Gasteiger partial charge in [0.05, 0.1) is 17.0 Å². The van der Waals surface area contributed by atoms with E-state index in [9.17, 15) is 18.0 Å². The molecule has 1 atom stereocenters. The van der Waals surface area contributed by atoms with Crippen molar-refractivity contribution in [2.24, 2.45) is 0 Å². The summed E-state index contributed by atoms with van der Waals surface area (Å²) >= 11 is 9.56. The van der Waals surface area contributed by atoms with E-state index in [1.165, 1.54) is 11.0 Å². The average Bonchev–Trinajstić information content (AvgIpc) is 2.71. The third kappa shape index (κ3) is 6.95. The van der Waals surface area contributed by atoms with E-state index in [-0.39, 0.29) is 23.2 Å². The van der Waals surface area contributed by atoms with Gasteiger partial charge in [-0.1, -0.05) is 51.8 Å². The summed E-state index contributed by atoms with van der Waals surface area (Å²) in [4.78, 5) is 27.1. The molecule has 1 unspecified atom stereocenters. The number of hydrogen-bond acceptors (Lipinski definition) is 4. The van der Waals surface area contributed by atoms with E-state index in [4.69, 9.17) is 11.6 Å². The number of nitrogens with zero attached hydrogens (tertiary/aromatic N) is 2. The zero-order chi connectivity index (χ0) is 23.2. The molecule has 2 rings (SSSR count). The van der Waals surface area contributed by atoms with E-state index in [2.05, 4.69) is 21.2 Å². The van der Waals surface area contributed by atoms with Crippen molar-refractivity contribution in [1.82, 2.24) is 10.2 Å². The summed E-state index contributed by atoms with van der Waals surface area (Å²) in [5, 5.41) is 2.91. The molecule has 0 saturated heterocycles. The predicted octanol–water partition coefficient (Wildman–Crippen LogP) is 3.42. The summed E-state index contributed by atoms with van der Waals surface area (Å²) in [5.74, 6) is -0.844. The first-order valence-corrected chi connectivity index (χ1v) is 12.6. The normalized spacial score (nSPS) is 12.2. The van der Waals surface area contributed by atoms with Gasteiger partial charge in [-0.2, -0.15) is 0 Å². The maximum absolute atomic E-state index is 13.3. The number of amides is 2. The second-order valence-corrected chi connectivity index (χ2v) is 10.2. The topological polar surface area (TPSA) is 86.8 Å². The third-order valence-electron chi connectivity index (χ3n) is 4.58. The Kier molecular flexibility index (Phi) is 8.90. The predicted molar refractivity (Wildman–Crippen MR) is 126 cm³/mol. The fraction of sp³-hybridized carbons (Fsp3) is 0.333. The van der Waals surface area contributed by atoms with Crippen molar-refractivity contribution >= 4 is 55.1 Å². The Morgan fingerprint density at radius 3 is 2.29 bits per heavy atom. The molecule has 168 valence electrons. The summed E-state index contributed by atoms with van der Waals surface area (Å²) < 4.78 is 26.7. The summed E-state index contributed by atoms with van der Waals surface area (Å²) in [6.45, 7) is 3.47. The van der Waals surface area contributed by atoms with Gasteiger partial charge < -0.3 is 10.2 Å². The number of carbonyl (C=O) groups excluding carboxylic acids is 2. The van der Waals surface area contributed by atoms with Crippen molar-refractivity contribution in [3.63, 3.8) is 0 Å². The molecule has 0 aliphatic heterocycles. The number of sulfonamides is 1. The third-order valence-corrected chi connectivity index (χ3v) is 6.56. The van der Waals surface area contributed by atoms with Gasteiger partial charge in [-0.3, -0.25) is 13.9 Å². The average molecular weight is 531 g/mol. The highest BCUT2D eigenvalue weighted by atomic mass is 79.9. The van der Waals surface area contributed by atoms with Gasteiger partial charge in [-0.05, 0) is 43.7 Å². The molecule has 0 saturated carbocycles. The molecule has 0 heterocycles. The smallest absolute Gasteiger partial charge is 0.244 e. The maximum atomic E-state index is 13.3. The molecule has 0 aromatic heterocycles. The largest absolute Gasteiger partial charge is 0.355 e. The highest BCUT2D eigenvalue weighted by Gasteiger charge is 2.30. The number of nitrogens with one attached hydrogen (secondary N) is 1. The highest BCUT2D eigenvalue weighted by molar-refractivity contribution is 9.10. The first-order chi connectivity index (χ1) is 14.5. The standard InChI is InChI=1S/C21H25BrClN3O4S/c1-4-24-21(28)15(2)25(13-16-9-11-17(22)12-10-16)20(27)14-26(31(3,29)30)19-8-6-5-7-18(19)23/h5-12,15H,4,13-14H2,1-3H3,(H,24,28). The quantitative estimate of drug-likeness (QED) is 0.538. The Bertz CT molecular complexity index is 1030. The molecule has 0 spiro atoms. The van der Waals surface area contributed by atoms with Gasteiger partial charge in [-0.25, -0.2) is 8.42 Å². The molecule has 0 aliphatic carbocycles. The van der Waals surface area contributed by atoms with Gasteiger partial charge in [0, 0.05) is 17.6 Å². The fourth-order valence-electron chi connectivity index (χ4n) is 2.94. The molecule has 0 fully saturated rings. The van der Waals surface area contributed by atoms with Crippen LogP contribution in [-0.2, 0) is 26.2 Å². The number of likely N-dealkylation sites (N-methyl/N-ethyl adjacent to an activating group) is 1. The molecule has 2 aromatic rings. The Balaban J connectivity index is 2.38. The number of anilines is 1. The van der Waals surface area contributed by atoms with E-state index >= 15 is 0 Å². The van der Waals surface area contributed by atoms with Gasteiger partial charge >= 0.3 is 0 Å². The van der Waals surface area contributed by atoms with Crippen LogP contribution >= 0.6 is 27.5 Å². The van der Waals surface area contributed by atoms with Crippen molar-refractivity contribution < 1.29 is 18.0 Å². The van der Waals surface area contributed by atoms with Crippen molar-refractivity contribution in [2.75, 3.05) is 23.7 Å². The van der Waals surface area contributed by atoms with Crippen LogP contribution in [0.25, 0.3) is 0 Å². The summed E-state index contributed by atoms with van der Waals surface area (Å²) in [7, 11) is -3.81. The van der Waals surface area contributed by atoms with Crippen LogP contribution in [0.1, 0.15) is 19.4 Å². The van der Waals surface area contributed by atoms with Gasteiger partial charge in [0.1, 0.15) is 12.6 Å². The minimum Gasteiger partial charge on any atom is -0.355 e. The van der Waals surface area contributed by atoms with Crippen molar-refractivity contribution in [3.05, 3.63) is 63.6 Å². The van der Waals surface area contributed by atoms with Gasteiger partial charge in [0.25, 0.3) is 0 Å². The number of benzene rings is 2. The van der Waals surface area contributed by atoms with Crippen molar-refractivity contribution in [3.8, 4) is 0 Å². The Morgan fingerprint density at radius 2 is 1.74 bits per heavy atom. The lowest BCUT2D eigenvalue weighted by molar-refractivity contribution is -0.139. The van der Waals surface area contributed by atoms with Gasteiger partial charge in [-0.15, -0.1) is 0 Å². The van der Waals surface area contributed by atoms with Crippen LogP contribution in [0.5, 0.6) is 0 Å². The zero-order valence-electron chi connectivity index (χ0n) is 17.5. The number of hydrogen-bond donors (Lipinski definition) is 1. The van der Waals surface area contributed by atoms with E-state index in [1.54, 1.807) is 32.0 Å². The Labute approximate surface area is 196 Å². The maximum Gasteiger partial charge on any atom is 0.244 e. The first-order valence-electron chi connectivity index (χ1n) is 9.58. The lowest BCUT2D eigenvalue weighted by Crippen LogP contribution is -2.51. The van der Waals surface area contributed by atoms with Gasteiger partial charge in [0.2, 0.25) is 21.8 Å². The molecule has 0 bridgehead atoms. The van der Waals surface area contributed by atoms with Crippen LogP contribution < -0.4 is 9.62 Å². The van der Waals surface area contributed by atoms with E-state index in [0.29, 0.717) is 6.54 Å². The van der Waals surface area contributed by atoms with E-state index in [0.717, 1.165) is 20.6 Å². The van der Waals surface area contributed by atoms with Crippen LogP contribution in [0.2, 0.25) is 5.02 Å². The van der Waals surface area contributed by atoms with Crippen LogP contribution in [-0.4, -0.2) is 50.5 Å². The van der Waals surface area contributed by atoms with Crippen LogP contribution in [0.4, 0.5) is 5.69 Å². The molecule has 10 heteroatoms. The van der Waals surface area contributed by atoms with Crippen LogP contribution in [0.15, 0.2) is 53.0 Å². The SMILES string of the molecule is CCNC(=O)C(C)N(Cc1ccc(Br)cc1)C(=O)CN(c1ccccc1Cl)S(C)(=O)=O. The monoisotopic (exact) mass is 529 g/mol. The van der Waals surface area contributed by atoms with E-state index in [1.807, 2.05) is 24.3 Å². The molecule has 0 radical (unpaired) electrons. The molecule has 2 amide bonds. The van der Waals surface area contributed by atoms with Crippen LogP contribution in [0, 0.1) is 0 Å². The number of rotatable bonds is 9. The Hall–Kier alpha value is -2.10. The minimum atomic E-state index is -3.81. The second-order valence-electron chi connectivity index (χ2n) is 6.94. The molecular weight excluding hydrogens is 506 g/mol. The van der Waals surface area contributed by atoms with Gasteiger partial charge in [0.15, 0.2) is 0 Å². The Morgan fingerprint density at radius 1 is 1.13 bits per heavy atom. The summed E-state index contributed by atoms with van der Waals surface area (Å²) in [6, 6.07) is 12.9. The zero-order valence-corrected chi connectivity index (χ0v) is 20.7. The lowest BCUT2D eigenvalue weighted by atomic mass is 10.1. The van der Waals surface area contributed by atoms with Crippen LogP contribution in [0.3, 0.4) is 0 Å². The minimum absolute atomic E-state index is 0.143. The second kappa shape index (κ2) is 11.0. The molecule has 1 N–H and O–H groups in total. The molecule has 7 nitrogen and oxygen atoms in total.